The van der Waals surface area contributed by atoms with Gasteiger partial charge in [-0.3, -0.25) is 14.4 Å². The van der Waals surface area contributed by atoms with Crippen LogP contribution in [0.5, 0.6) is 0 Å². The van der Waals surface area contributed by atoms with Crippen molar-refractivity contribution in [1.82, 2.24) is 0 Å². The van der Waals surface area contributed by atoms with E-state index in [9.17, 15) is 14.4 Å². The molecule has 1 saturated carbocycles. The van der Waals surface area contributed by atoms with E-state index in [0.29, 0.717) is 30.6 Å². The molecule has 0 aliphatic heterocycles. The number of esters is 2. The van der Waals surface area contributed by atoms with Crippen LogP contribution in [0.25, 0.3) is 0 Å². The Hall–Kier alpha value is -2.88. The average molecular weight is 415 g/mol. The molecule has 0 heterocycles. The second-order valence-electron chi connectivity index (χ2n) is 7.52. The van der Waals surface area contributed by atoms with Crippen molar-refractivity contribution in [1.29, 1.82) is 5.26 Å². The Kier molecular flexibility index (Phi) is 9.33. The first kappa shape index (κ1) is 23.4. The number of amides is 1. The number of carbonyl (C=O) groups excluding carboxylic acids is 3. The molecular formula is C23H30N2O5. The van der Waals surface area contributed by atoms with Gasteiger partial charge in [-0.2, -0.15) is 5.26 Å². The SMILES string of the molecule is CCOC(=O)CCN(C(=O)CC#N)c1ccc(C2CCC(CC(=O)OC)CC2)cc1. The van der Waals surface area contributed by atoms with E-state index in [2.05, 4.69) is 0 Å². The Morgan fingerprint density at radius 1 is 1.10 bits per heavy atom. The fraction of sp³-hybridized carbons (Fsp3) is 0.565. The van der Waals surface area contributed by atoms with Crippen LogP contribution in [0.15, 0.2) is 24.3 Å². The van der Waals surface area contributed by atoms with Crippen LogP contribution in [0, 0.1) is 17.2 Å². The minimum absolute atomic E-state index is 0.0803. The molecule has 7 heteroatoms. The smallest absolute Gasteiger partial charge is 0.307 e. The maximum atomic E-state index is 12.4. The van der Waals surface area contributed by atoms with Gasteiger partial charge in [-0.1, -0.05) is 12.1 Å². The maximum absolute atomic E-state index is 12.4. The molecule has 0 atom stereocenters. The fourth-order valence-electron chi connectivity index (χ4n) is 3.94. The van der Waals surface area contributed by atoms with E-state index < -0.39 is 0 Å². The van der Waals surface area contributed by atoms with Gasteiger partial charge in [-0.15, -0.1) is 0 Å². The Bertz CT molecular complexity index is 761. The highest BCUT2D eigenvalue weighted by Crippen LogP contribution is 2.37. The predicted molar refractivity (Wildman–Crippen MR) is 112 cm³/mol. The molecule has 30 heavy (non-hydrogen) atoms. The summed E-state index contributed by atoms with van der Waals surface area (Å²) in [5.74, 6) is -0.0381. The molecule has 0 radical (unpaired) electrons. The van der Waals surface area contributed by atoms with E-state index in [4.69, 9.17) is 14.7 Å². The van der Waals surface area contributed by atoms with Crippen molar-refractivity contribution in [3.8, 4) is 6.07 Å². The molecule has 1 aliphatic rings. The normalized spacial score (nSPS) is 18.2. The molecule has 162 valence electrons. The van der Waals surface area contributed by atoms with Crippen LogP contribution in [-0.4, -0.2) is 38.1 Å². The van der Waals surface area contributed by atoms with E-state index in [0.717, 1.165) is 25.7 Å². The van der Waals surface area contributed by atoms with Crippen molar-refractivity contribution in [2.75, 3.05) is 25.2 Å². The Balaban J connectivity index is 2.00. The molecule has 1 aromatic carbocycles. The van der Waals surface area contributed by atoms with Gasteiger partial charge < -0.3 is 14.4 Å². The van der Waals surface area contributed by atoms with Gasteiger partial charge in [0, 0.05) is 18.7 Å². The lowest BCUT2D eigenvalue weighted by atomic mass is 9.77. The average Bonchev–Trinajstić information content (AvgIpc) is 2.75. The monoisotopic (exact) mass is 414 g/mol. The molecule has 0 N–H and O–H groups in total. The molecule has 0 unspecified atom stereocenters. The minimum Gasteiger partial charge on any atom is -0.469 e. The van der Waals surface area contributed by atoms with Gasteiger partial charge >= 0.3 is 11.9 Å². The van der Waals surface area contributed by atoms with E-state index in [1.807, 2.05) is 30.3 Å². The van der Waals surface area contributed by atoms with Crippen molar-refractivity contribution >= 4 is 23.5 Å². The van der Waals surface area contributed by atoms with Gasteiger partial charge in [-0.05, 0) is 62.1 Å². The van der Waals surface area contributed by atoms with Crippen molar-refractivity contribution in [3.63, 3.8) is 0 Å². The number of nitriles is 1. The lowest BCUT2D eigenvalue weighted by Crippen LogP contribution is -2.33. The maximum Gasteiger partial charge on any atom is 0.307 e. The van der Waals surface area contributed by atoms with Crippen LogP contribution in [0.4, 0.5) is 5.69 Å². The summed E-state index contributed by atoms with van der Waals surface area (Å²) in [7, 11) is 1.42. The Morgan fingerprint density at radius 3 is 2.33 bits per heavy atom. The number of rotatable bonds is 9. The van der Waals surface area contributed by atoms with Crippen molar-refractivity contribution < 1.29 is 23.9 Å². The summed E-state index contributed by atoms with van der Waals surface area (Å²) >= 11 is 0. The molecule has 1 fully saturated rings. The molecule has 0 aromatic heterocycles. The predicted octanol–water partition coefficient (Wildman–Crippen LogP) is 3.72. The third-order valence-electron chi connectivity index (χ3n) is 5.58. The number of benzene rings is 1. The molecule has 1 aromatic rings. The number of ether oxygens (including phenoxy) is 2. The highest BCUT2D eigenvalue weighted by molar-refractivity contribution is 5.95. The quantitative estimate of drug-likeness (QED) is 0.571. The van der Waals surface area contributed by atoms with Gasteiger partial charge in [0.15, 0.2) is 0 Å². The van der Waals surface area contributed by atoms with E-state index in [1.165, 1.54) is 17.6 Å². The number of carbonyl (C=O) groups is 3. The second kappa shape index (κ2) is 12.0. The van der Waals surface area contributed by atoms with Crippen LogP contribution in [0.1, 0.15) is 63.4 Å². The summed E-state index contributed by atoms with van der Waals surface area (Å²) in [6.07, 6.45) is 4.34. The van der Waals surface area contributed by atoms with Gasteiger partial charge in [0.2, 0.25) is 5.91 Å². The topological polar surface area (TPSA) is 96.7 Å². The molecule has 0 bridgehead atoms. The zero-order valence-corrected chi connectivity index (χ0v) is 17.8. The first-order valence-electron chi connectivity index (χ1n) is 10.5. The summed E-state index contributed by atoms with van der Waals surface area (Å²) in [4.78, 5) is 37.0. The molecule has 1 amide bonds. The molecule has 1 aliphatic carbocycles. The molecule has 0 saturated heterocycles. The Labute approximate surface area is 177 Å². The van der Waals surface area contributed by atoms with Gasteiger partial charge in [0.05, 0.1) is 26.2 Å². The van der Waals surface area contributed by atoms with Crippen molar-refractivity contribution in [2.24, 2.45) is 5.92 Å². The summed E-state index contributed by atoms with van der Waals surface area (Å²) in [6.45, 7) is 2.21. The fourth-order valence-corrected chi connectivity index (χ4v) is 3.94. The van der Waals surface area contributed by atoms with Gasteiger partial charge in [-0.25, -0.2) is 0 Å². The highest BCUT2D eigenvalue weighted by atomic mass is 16.5. The standard InChI is InChI=1S/C23H30N2O5/c1-3-30-22(27)13-15-25(21(26)12-14-24)20-10-8-19(9-11-20)18-6-4-17(5-7-18)16-23(28)29-2/h8-11,17-18H,3-7,12-13,15-16H2,1-2H3. The molecule has 7 nitrogen and oxygen atoms in total. The molecular weight excluding hydrogens is 384 g/mol. The van der Waals surface area contributed by atoms with Crippen LogP contribution >= 0.6 is 0 Å². The third kappa shape index (κ3) is 6.87. The molecule has 2 rings (SSSR count). The third-order valence-corrected chi connectivity index (χ3v) is 5.58. The minimum atomic E-state index is -0.368. The number of nitrogens with zero attached hydrogens (tertiary/aromatic N) is 2. The van der Waals surface area contributed by atoms with Crippen LogP contribution in [0.3, 0.4) is 0 Å². The largest absolute Gasteiger partial charge is 0.469 e. The zero-order valence-electron chi connectivity index (χ0n) is 17.8. The molecule has 0 spiro atoms. The summed E-state index contributed by atoms with van der Waals surface area (Å²) in [5.41, 5.74) is 1.87. The Morgan fingerprint density at radius 2 is 1.77 bits per heavy atom. The summed E-state index contributed by atoms with van der Waals surface area (Å²) in [5, 5.41) is 8.88. The number of anilines is 1. The highest BCUT2D eigenvalue weighted by Gasteiger charge is 2.25. The van der Waals surface area contributed by atoms with Gasteiger partial charge in [0.25, 0.3) is 0 Å². The summed E-state index contributed by atoms with van der Waals surface area (Å²) in [6, 6.07) is 9.64. The second-order valence-corrected chi connectivity index (χ2v) is 7.52. The van der Waals surface area contributed by atoms with Gasteiger partial charge in [0.1, 0.15) is 6.42 Å². The summed E-state index contributed by atoms with van der Waals surface area (Å²) < 4.78 is 9.70. The van der Waals surface area contributed by atoms with E-state index in [1.54, 1.807) is 6.92 Å². The van der Waals surface area contributed by atoms with Crippen LogP contribution < -0.4 is 4.90 Å². The van der Waals surface area contributed by atoms with Crippen molar-refractivity contribution in [2.45, 2.75) is 57.8 Å². The number of hydrogen-bond donors (Lipinski definition) is 0. The number of hydrogen-bond acceptors (Lipinski definition) is 6. The zero-order chi connectivity index (χ0) is 21.9. The first-order valence-corrected chi connectivity index (χ1v) is 10.5. The lowest BCUT2D eigenvalue weighted by Gasteiger charge is -2.28. The van der Waals surface area contributed by atoms with Crippen LogP contribution in [0.2, 0.25) is 0 Å². The lowest BCUT2D eigenvalue weighted by molar-refractivity contribution is -0.143. The van der Waals surface area contributed by atoms with E-state index >= 15 is 0 Å². The van der Waals surface area contributed by atoms with Crippen LogP contribution in [-0.2, 0) is 23.9 Å². The van der Waals surface area contributed by atoms with E-state index in [-0.39, 0.29) is 37.2 Å². The number of methoxy groups -OCH3 is 1. The van der Waals surface area contributed by atoms with Crippen molar-refractivity contribution in [3.05, 3.63) is 29.8 Å². The first-order chi connectivity index (χ1) is 14.5.